The van der Waals surface area contributed by atoms with Gasteiger partial charge in [0.2, 0.25) is 0 Å². The van der Waals surface area contributed by atoms with Gasteiger partial charge in [-0.2, -0.15) is 0 Å². The molecule has 0 heterocycles. The molecule has 0 aliphatic rings. The van der Waals surface area contributed by atoms with Crippen molar-refractivity contribution < 1.29 is 13.3 Å². The van der Waals surface area contributed by atoms with Gasteiger partial charge < -0.3 is 0 Å². The summed E-state index contributed by atoms with van der Waals surface area (Å²) >= 11 is 11.0. The van der Waals surface area contributed by atoms with E-state index in [4.69, 9.17) is 33.9 Å². The maximum Gasteiger partial charge on any atom is 0.272 e. The van der Waals surface area contributed by atoms with Crippen LogP contribution in [0.5, 0.6) is 0 Å². The third-order valence-electron chi connectivity index (χ3n) is 1.45. The van der Waals surface area contributed by atoms with E-state index in [2.05, 4.69) is 0 Å². The molecule has 9 heteroatoms. The molecule has 0 N–H and O–H groups in total. The fraction of sp³-hybridized carbons (Fsp3) is 0. The molecule has 0 aliphatic carbocycles. The van der Waals surface area contributed by atoms with E-state index in [1.807, 2.05) is 0 Å². The number of nitro groups is 1. The van der Waals surface area contributed by atoms with Gasteiger partial charge in [-0.3, -0.25) is 10.1 Å². The van der Waals surface area contributed by atoms with Crippen LogP contribution in [0.2, 0.25) is 10.0 Å². The molecular weight excluding hydrogens is 288 g/mol. The van der Waals surface area contributed by atoms with Crippen molar-refractivity contribution in [3.63, 3.8) is 0 Å². The highest BCUT2D eigenvalue weighted by molar-refractivity contribution is 8.13. The average Bonchev–Trinajstić information content (AvgIpc) is 2.06. The average molecular weight is 291 g/mol. The Morgan fingerprint density at radius 3 is 2.20 bits per heavy atom. The highest BCUT2D eigenvalue weighted by Crippen LogP contribution is 2.35. The zero-order valence-corrected chi connectivity index (χ0v) is 9.86. The van der Waals surface area contributed by atoms with E-state index in [1.54, 1.807) is 0 Å². The number of hydrogen-bond acceptors (Lipinski definition) is 4. The van der Waals surface area contributed by atoms with Crippen molar-refractivity contribution in [1.82, 2.24) is 0 Å². The summed E-state index contributed by atoms with van der Waals surface area (Å²) in [5.41, 5.74) is -0.497. The third-order valence-corrected chi connectivity index (χ3v) is 3.71. The molecule has 0 unspecified atom stereocenters. The minimum absolute atomic E-state index is 0.245. The van der Waals surface area contributed by atoms with Crippen LogP contribution < -0.4 is 0 Å². The second-order valence-electron chi connectivity index (χ2n) is 2.43. The summed E-state index contributed by atoms with van der Waals surface area (Å²) < 4.78 is 22.0. The van der Waals surface area contributed by atoms with Gasteiger partial charge in [0.1, 0.15) is 4.90 Å². The summed E-state index contributed by atoms with van der Waals surface area (Å²) in [6, 6.07) is 1.69. The smallest absolute Gasteiger partial charge is 0.258 e. The largest absolute Gasteiger partial charge is 0.272 e. The van der Waals surface area contributed by atoms with Crippen LogP contribution in [0.15, 0.2) is 17.0 Å². The standard InChI is InChI=1S/C6H2Cl3NO4S/c7-4-1-3(10(11)12)2-5(6(4)8)15(9,13)14/h1-2H. The van der Waals surface area contributed by atoms with Gasteiger partial charge in [-0.1, -0.05) is 23.2 Å². The molecule has 0 atom stereocenters. The molecule has 15 heavy (non-hydrogen) atoms. The molecule has 0 fully saturated rings. The molecule has 5 nitrogen and oxygen atoms in total. The van der Waals surface area contributed by atoms with Gasteiger partial charge in [-0.25, -0.2) is 8.42 Å². The lowest BCUT2D eigenvalue weighted by molar-refractivity contribution is -0.385. The molecule has 0 aromatic heterocycles. The van der Waals surface area contributed by atoms with E-state index < -0.39 is 24.6 Å². The van der Waals surface area contributed by atoms with E-state index in [9.17, 15) is 18.5 Å². The van der Waals surface area contributed by atoms with Crippen LogP contribution in [-0.4, -0.2) is 13.3 Å². The Kier molecular flexibility index (Phi) is 3.44. The minimum Gasteiger partial charge on any atom is -0.258 e. The third kappa shape index (κ3) is 2.72. The van der Waals surface area contributed by atoms with Crippen LogP contribution in [-0.2, 0) is 9.05 Å². The molecule has 0 radical (unpaired) electrons. The molecule has 0 aliphatic heterocycles. The number of nitrogens with zero attached hydrogens (tertiary/aromatic N) is 1. The zero-order chi connectivity index (χ0) is 11.8. The molecule has 0 amide bonds. The van der Waals surface area contributed by atoms with Gasteiger partial charge in [-0.05, 0) is 0 Å². The Morgan fingerprint density at radius 2 is 1.80 bits per heavy atom. The monoisotopic (exact) mass is 289 g/mol. The summed E-state index contributed by atoms with van der Waals surface area (Å²) in [6.07, 6.45) is 0. The zero-order valence-electron chi connectivity index (χ0n) is 6.78. The van der Waals surface area contributed by atoms with Crippen LogP contribution in [0.3, 0.4) is 0 Å². The van der Waals surface area contributed by atoms with Gasteiger partial charge in [0, 0.05) is 22.8 Å². The molecule has 0 spiro atoms. The summed E-state index contributed by atoms with van der Waals surface area (Å²) in [5.74, 6) is 0. The predicted octanol–water partition coefficient (Wildman–Crippen LogP) is 2.83. The first-order valence-electron chi connectivity index (χ1n) is 3.31. The number of halogens is 3. The summed E-state index contributed by atoms with van der Waals surface area (Å²) in [7, 11) is 0.858. The summed E-state index contributed by atoms with van der Waals surface area (Å²) in [5, 5.41) is 9.83. The van der Waals surface area contributed by atoms with Crippen molar-refractivity contribution in [2.24, 2.45) is 0 Å². The van der Waals surface area contributed by atoms with E-state index in [1.165, 1.54) is 0 Å². The summed E-state index contributed by atoms with van der Waals surface area (Å²) in [6.45, 7) is 0. The number of nitro benzene ring substituents is 1. The van der Waals surface area contributed by atoms with Crippen molar-refractivity contribution in [3.8, 4) is 0 Å². The fourth-order valence-electron chi connectivity index (χ4n) is 0.833. The fourth-order valence-corrected chi connectivity index (χ4v) is 2.59. The van der Waals surface area contributed by atoms with Gasteiger partial charge in [-0.15, -0.1) is 0 Å². The quantitative estimate of drug-likeness (QED) is 0.477. The van der Waals surface area contributed by atoms with Crippen molar-refractivity contribution in [3.05, 3.63) is 32.3 Å². The lowest BCUT2D eigenvalue weighted by atomic mass is 10.3. The first-order chi connectivity index (χ1) is 6.73. The second-order valence-corrected chi connectivity index (χ2v) is 5.75. The Morgan fingerprint density at radius 1 is 1.27 bits per heavy atom. The van der Waals surface area contributed by atoms with Crippen molar-refractivity contribution >= 4 is 48.6 Å². The molecule has 0 saturated carbocycles. The molecular formula is C6H2Cl3NO4S. The molecule has 1 aromatic rings. The van der Waals surface area contributed by atoms with E-state index in [0.717, 1.165) is 12.1 Å². The molecule has 1 rings (SSSR count). The Hall–Kier alpha value is -0.560. The van der Waals surface area contributed by atoms with Gasteiger partial charge in [0.15, 0.2) is 0 Å². The highest BCUT2D eigenvalue weighted by Gasteiger charge is 2.22. The van der Waals surface area contributed by atoms with E-state index in [-0.39, 0.29) is 10.0 Å². The lowest BCUT2D eigenvalue weighted by Crippen LogP contribution is -1.96. The van der Waals surface area contributed by atoms with Crippen LogP contribution >= 0.6 is 33.9 Å². The van der Waals surface area contributed by atoms with Crippen LogP contribution in [0.1, 0.15) is 0 Å². The van der Waals surface area contributed by atoms with Crippen LogP contribution in [0, 0.1) is 10.1 Å². The first kappa shape index (κ1) is 12.5. The Balaban J connectivity index is 3.59. The van der Waals surface area contributed by atoms with Crippen LogP contribution in [0.4, 0.5) is 5.69 Å². The lowest BCUT2D eigenvalue weighted by Gasteiger charge is -2.01. The topological polar surface area (TPSA) is 77.3 Å². The minimum atomic E-state index is -4.16. The molecule has 0 saturated heterocycles. The van der Waals surface area contributed by atoms with Gasteiger partial charge >= 0.3 is 0 Å². The highest BCUT2D eigenvalue weighted by atomic mass is 35.7. The number of rotatable bonds is 2. The molecule has 82 valence electrons. The number of benzene rings is 1. The normalized spacial score (nSPS) is 11.4. The van der Waals surface area contributed by atoms with Crippen molar-refractivity contribution in [2.75, 3.05) is 0 Å². The van der Waals surface area contributed by atoms with Crippen LogP contribution in [0.25, 0.3) is 0 Å². The summed E-state index contributed by atoms with van der Waals surface area (Å²) in [4.78, 5) is 9.03. The molecule has 0 bridgehead atoms. The van der Waals surface area contributed by atoms with E-state index >= 15 is 0 Å². The van der Waals surface area contributed by atoms with Gasteiger partial charge in [0.25, 0.3) is 14.7 Å². The first-order valence-corrected chi connectivity index (χ1v) is 6.38. The van der Waals surface area contributed by atoms with E-state index in [0.29, 0.717) is 0 Å². The maximum absolute atomic E-state index is 11.0. The van der Waals surface area contributed by atoms with Gasteiger partial charge in [0.05, 0.1) is 15.0 Å². The maximum atomic E-state index is 11.0. The number of hydrogen-bond donors (Lipinski definition) is 0. The Labute approximate surface area is 99.1 Å². The van der Waals surface area contributed by atoms with Crippen molar-refractivity contribution in [2.45, 2.75) is 4.90 Å². The Bertz CT molecular complexity index is 527. The molecule has 1 aromatic carbocycles. The predicted molar refractivity (Wildman–Crippen MR) is 56.2 cm³/mol. The van der Waals surface area contributed by atoms with Crippen molar-refractivity contribution in [1.29, 1.82) is 0 Å². The SMILES string of the molecule is O=[N+]([O-])c1cc(Cl)c(Cl)c(S(=O)(=O)Cl)c1. The number of non-ortho nitro benzene ring substituents is 1. The second kappa shape index (κ2) is 4.13.